The van der Waals surface area contributed by atoms with E-state index in [9.17, 15) is 4.79 Å². The molecule has 5 rings (SSSR count). The molecular formula is C28H41N4O2Si. The number of rotatable bonds is 5. The van der Waals surface area contributed by atoms with E-state index < -0.39 is 9.04 Å². The molecule has 0 saturated carbocycles. The van der Waals surface area contributed by atoms with Crippen molar-refractivity contribution in [3.8, 4) is 0 Å². The lowest BCUT2D eigenvalue weighted by molar-refractivity contribution is 0.136. The highest BCUT2D eigenvalue weighted by molar-refractivity contribution is 6.48. The van der Waals surface area contributed by atoms with Gasteiger partial charge < -0.3 is 14.2 Å². The number of para-hydroxylation sites is 1. The molecule has 3 aliphatic rings. The highest BCUT2D eigenvalue weighted by atomic mass is 28.3. The van der Waals surface area contributed by atoms with Gasteiger partial charge in [0.1, 0.15) is 6.23 Å². The van der Waals surface area contributed by atoms with Gasteiger partial charge in [0.2, 0.25) is 15.0 Å². The first-order chi connectivity index (χ1) is 16.7. The average molecular weight is 494 g/mol. The molecule has 0 amide bonds. The molecule has 6 nitrogen and oxygen atoms in total. The Morgan fingerprint density at radius 3 is 2.57 bits per heavy atom. The molecule has 1 saturated heterocycles. The van der Waals surface area contributed by atoms with Crippen molar-refractivity contribution >= 4 is 20.7 Å². The first-order valence-corrected chi connectivity index (χ1v) is 15.8. The van der Waals surface area contributed by atoms with Crippen LogP contribution in [0, 0.1) is 5.41 Å². The van der Waals surface area contributed by atoms with Gasteiger partial charge in [-0.15, -0.1) is 0 Å². The molecule has 7 heteroatoms. The van der Waals surface area contributed by atoms with Crippen molar-refractivity contribution < 1.29 is 4.43 Å². The fourth-order valence-electron chi connectivity index (χ4n) is 6.25. The molecule has 1 atom stereocenters. The van der Waals surface area contributed by atoms with Crippen LogP contribution in [0.1, 0.15) is 69.7 Å². The third-order valence-electron chi connectivity index (χ3n) is 7.96. The Hall–Kier alpha value is -2.12. The fraction of sp³-hybridized carbons (Fsp3) is 0.643. The second-order valence-corrected chi connectivity index (χ2v) is 14.2. The highest BCUT2D eigenvalue weighted by Gasteiger charge is 2.47. The summed E-state index contributed by atoms with van der Waals surface area (Å²) in [7, 11) is -0.833. The zero-order valence-corrected chi connectivity index (χ0v) is 23.1. The van der Waals surface area contributed by atoms with E-state index >= 15 is 0 Å². The van der Waals surface area contributed by atoms with E-state index in [1.807, 2.05) is 0 Å². The van der Waals surface area contributed by atoms with E-state index in [0.717, 1.165) is 81.8 Å². The molecule has 1 aromatic carbocycles. The van der Waals surface area contributed by atoms with Gasteiger partial charge >= 0.3 is 0 Å². The molecule has 35 heavy (non-hydrogen) atoms. The van der Waals surface area contributed by atoms with Crippen molar-refractivity contribution in [3.63, 3.8) is 0 Å². The zero-order chi connectivity index (χ0) is 24.8. The minimum absolute atomic E-state index is 0.0706. The van der Waals surface area contributed by atoms with E-state index in [-0.39, 0.29) is 22.6 Å². The topological polar surface area (TPSA) is 61.5 Å². The van der Waals surface area contributed by atoms with Crippen LogP contribution in [0.25, 0.3) is 0 Å². The molecule has 1 radical (unpaired) electrons. The Morgan fingerprint density at radius 1 is 1.14 bits per heavy atom. The Kier molecular flexibility index (Phi) is 6.59. The van der Waals surface area contributed by atoms with Gasteiger partial charge in [0, 0.05) is 36.3 Å². The van der Waals surface area contributed by atoms with Crippen LogP contribution < -0.4 is 15.4 Å². The van der Waals surface area contributed by atoms with Crippen LogP contribution in [0.2, 0.25) is 13.1 Å². The van der Waals surface area contributed by atoms with Gasteiger partial charge in [0.15, 0.2) is 0 Å². The third-order valence-corrected chi connectivity index (χ3v) is 8.71. The number of aryl methyl sites for hydroxylation is 1. The summed E-state index contributed by atoms with van der Waals surface area (Å²) in [6.07, 6.45) is 7.26. The predicted molar refractivity (Wildman–Crippen MR) is 145 cm³/mol. The zero-order valence-electron chi connectivity index (χ0n) is 22.1. The normalized spacial score (nSPS) is 20.3. The number of aromatic amines is 1. The summed E-state index contributed by atoms with van der Waals surface area (Å²) in [5, 5.41) is 0. The molecule has 189 valence electrons. The molecule has 1 aromatic heterocycles. The molecule has 1 aliphatic carbocycles. The lowest BCUT2D eigenvalue weighted by Crippen LogP contribution is -2.49. The second-order valence-electron chi connectivity index (χ2n) is 12.2. The van der Waals surface area contributed by atoms with E-state index in [1.165, 1.54) is 11.3 Å². The van der Waals surface area contributed by atoms with Crippen molar-refractivity contribution in [2.75, 3.05) is 29.4 Å². The highest BCUT2D eigenvalue weighted by Crippen LogP contribution is 2.49. The number of piperidine rings is 1. The summed E-state index contributed by atoms with van der Waals surface area (Å²) in [6.45, 7) is 14.2. The lowest BCUT2D eigenvalue weighted by Gasteiger charge is -2.42. The first-order valence-electron chi connectivity index (χ1n) is 13.4. The molecule has 3 heterocycles. The maximum atomic E-state index is 12.7. The largest absolute Gasteiger partial charge is 0.397 e. The molecule has 1 fully saturated rings. The second kappa shape index (κ2) is 9.39. The van der Waals surface area contributed by atoms with Crippen molar-refractivity contribution in [1.82, 2.24) is 9.97 Å². The first kappa shape index (κ1) is 24.6. The van der Waals surface area contributed by atoms with E-state index in [1.54, 1.807) is 0 Å². The monoisotopic (exact) mass is 493 g/mol. The smallest absolute Gasteiger partial charge is 0.255 e. The van der Waals surface area contributed by atoms with Crippen molar-refractivity contribution in [3.05, 3.63) is 51.4 Å². The Morgan fingerprint density at radius 2 is 1.86 bits per heavy atom. The summed E-state index contributed by atoms with van der Waals surface area (Å²) in [6, 6.07) is 8.98. The summed E-state index contributed by atoms with van der Waals surface area (Å²) < 4.78 is 6.63. The van der Waals surface area contributed by atoms with Crippen LogP contribution >= 0.6 is 0 Å². The predicted octanol–water partition coefficient (Wildman–Crippen LogP) is 5.04. The number of anilines is 2. The maximum absolute atomic E-state index is 12.7. The number of H-pyrrole nitrogens is 1. The number of aromatic nitrogens is 2. The number of fused-ring (bicyclic) bond motifs is 3. The number of nitrogens with zero attached hydrogens (tertiary/aromatic N) is 3. The van der Waals surface area contributed by atoms with E-state index in [2.05, 4.69) is 72.9 Å². The van der Waals surface area contributed by atoms with E-state index in [4.69, 9.17) is 9.41 Å². The van der Waals surface area contributed by atoms with Crippen LogP contribution in [-0.2, 0) is 22.7 Å². The van der Waals surface area contributed by atoms with Gasteiger partial charge in [0.05, 0.1) is 5.69 Å². The van der Waals surface area contributed by atoms with Crippen molar-refractivity contribution in [2.24, 2.45) is 5.41 Å². The van der Waals surface area contributed by atoms with E-state index in [0.29, 0.717) is 0 Å². The molecule has 1 unspecified atom stereocenters. The van der Waals surface area contributed by atoms with Crippen LogP contribution in [-0.4, -0.2) is 44.9 Å². The van der Waals surface area contributed by atoms with Crippen molar-refractivity contribution in [1.29, 1.82) is 0 Å². The molecule has 1 spiro atoms. The third kappa shape index (κ3) is 4.94. The van der Waals surface area contributed by atoms with Gasteiger partial charge in [-0.25, -0.2) is 4.98 Å². The van der Waals surface area contributed by atoms with Gasteiger partial charge in [-0.3, -0.25) is 9.78 Å². The SMILES string of the molecule is C[Si](C)OC(CC(C)(C)C)N1CC2(CCN(c3nc4c(c(=O)[nH]3)CCCC4)CC2)c2ccccc21. The number of hydrogen-bond acceptors (Lipinski definition) is 5. The minimum atomic E-state index is -0.833. The molecule has 2 aliphatic heterocycles. The van der Waals surface area contributed by atoms with Gasteiger partial charge in [0.25, 0.3) is 5.56 Å². The van der Waals surface area contributed by atoms with Crippen LogP contribution in [0.5, 0.6) is 0 Å². The quantitative estimate of drug-likeness (QED) is 0.592. The number of hydrogen-bond donors (Lipinski definition) is 1. The minimum Gasteiger partial charge on any atom is -0.397 e. The van der Waals surface area contributed by atoms with Gasteiger partial charge in [-0.05, 0) is 75.1 Å². The Bertz CT molecular complexity index is 1110. The summed E-state index contributed by atoms with van der Waals surface area (Å²) >= 11 is 0. The molecule has 2 aromatic rings. The van der Waals surface area contributed by atoms with Gasteiger partial charge in [-0.2, -0.15) is 0 Å². The van der Waals surface area contributed by atoms with Gasteiger partial charge in [-0.1, -0.05) is 39.0 Å². The molecular weight excluding hydrogens is 452 g/mol. The molecule has 0 bridgehead atoms. The standard InChI is InChI=1S/C28H41N4O2Si/c1-27(2,3)18-24(34-35(4)5)32-19-28(21-11-7-9-13-23(21)32)14-16-31(17-15-28)26-29-22-12-8-6-10-20(22)25(33)30-26/h7,9,11,13,24H,6,8,10,12,14-19H2,1-5H3,(H,29,30,33). The van der Waals surface area contributed by atoms with Crippen LogP contribution in [0.15, 0.2) is 29.1 Å². The Balaban J connectivity index is 1.39. The molecule has 1 N–H and O–H groups in total. The number of nitrogens with one attached hydrogen (secondary N) is 1. The number of benzene rings is 1. The summed E-state index contributed by atoms with van der Waals surface area (Å²) in [5.74, 6) is 0.770. The van der Waals surface area contributed by atoms with Crippen LogP contribution in [0.3, 0.4) is 0 Å². The Labute approximate surface area is 211 Å². The summed E-state index contributed by atoms with van der Waals surface area (Å²) in [5.41, 5.74) is 5.13. The fourth-order valence-corrected chi connectivity index (χ4v) is 7.01. The average Bonchev–Trinajstić information content (AvgIpc) is 3.12. The summed E-state index contributed by atoms with van der Waals surface area (Å²) in [4.78, 5) is 25.6. The lowest BCUT2D eigenvalue weighted by atomic mass is 9.74. The van der Waals surface area contributed by atoms with Crippen molar-refractivity contribution in [2.45, 2.75) is 90.5 Å². The maximum Gasteiger partial charge on any atom is 0.255 e. The van der Waals surface area contributed by atoms with Crippen LogP contribution in [0.4, 0.5) is 11.6 Å².